The van der Waals surface area contributed by atoms with Gasteiger partial charge in [0.05, 0.1) is 11.3 Å². The van der Waals surface area contributed by atoms with Crippen molar-refractivity contribution >= 4 is 28.7 Å². The minimum absolute atomic E-state index is 0.0470. The molecule has 0 unspecified atom stereocenters. The van der Waals surface area contributed by atoms with Gasteiger partial charge in [0.2, 0.25) is 0 Å². The van der Waals surface area contributed by atoms with Crippen molar-refractivity contribution in [3.63, 3.8) is 0 Å². The number of nitrogens with one attached hydrogen (secondary N) is 2. The van der Waals surface area contributed by atoms with Crippen molar-refractivity contribution in [1.29, 1.82) is 0 Å². The number of aryl methyl sites for hydroxylation is 2. The van der Waals surface area contributed by atoms with Crippen LogP contribution in [0.15, 0.2) is 51.7 Å². The Hall–Kier alpha value is -3.61. The molecule has 0 spiro atoms. The fourth-order valence-corrected chi connectivity index (χ4v) is 3.06. The number of hydrogen-bond donors (Lipinski definition) is 2. The highest BCUT2D eigenvalue weighted by Crippen LogP contribution is 2.24. The topological polar surface area (TPSA) is 97.6 Å². The lowest BCUT2D eigenvalue weighted by atomic mass is 10.0. The van der Waals surface area contributed by atoms with Crippen LogP contribution >= 0.6 is 0 Å². The molecule has 0 bridgehead atoms. The number of esters is 1. The largest absolute Gasteiger partial charge is 0.457 e. The van der Waals surface area contributed by atoms with Gasteiger partial charge < -0.3 is 19.8 Å². The molecule has 2 aromatic carbocycles. The minimum atomic E-state index is -0.610. The summed E-state index contributed by atoms with van der Waals surface area (Å²) in [6.07, 6.45) is 0. The molecule has 0 radical (unpaired) electrons. The number of carbonyl (C=O) groups is 2. The van der Waals surface area contributed by atoms with E-state index in [1.807, 2.05) is 39.8 Å². The van der Waals surface area contributed by atoms with Crippen LogP contribution in [0.1, 0.15) is 40.9 Å². The molecule has 3 aromatic rings. The third kappa shape index (κ3) is 4.68. The number of carbonyl (C=O) groups excluding carboxylic acids is 2. The van der Waals surface area contributed by atoms with Crippen LogP contribution in [0.4, 0.5) is 10.5 Å². The third-order valence-electron chi connectivity index (χ3n) is 4.69. The first-order valence-electron chi connectivity index (χ1n) is 9.63. The van der Waals surface area contributed by atoms with Crippen molar-refractivity contribution in [2.24, 2.45) is 0 Å². The maximum absolute atomic E-state index is 12.7. The molecule has 3 rings (SSSR count). The van der Waals surface area contributed by atoms with Gasteiger partial charge in [-0.25, -0.2) is 14.4 Å². The van der Waals surface area contributed by atoms with Crippen LogP contribution < -0.4 is 16.3 Å². The summed E-state index contributed by atoms with van der Waals surface area (Å²) in [5.74, 6) is -0.610. The molecule has 0 aliphatic rings. The van der Waals surface area contributed by atoms with Gasteiger partial charge in [0.1, 0.15) is 12.2 Å². The van der Waals surface area contributed by atoms with E-state index in [9.17, 15) is 14.4 Å². The van der Waals surface area contributed by atoms with E-state index in [1.165, 1.54) is 6.07 Å². The van der Waals surface area contributed by atoms with Crippen LogP contribution in [-0.4, -0.2) is 18.0 Å². The molecule has 30 heavy (non-hydrogen) atoms. The molecule has 7 heteroatoms. The number of urea groups is 1. The minimum Gasteiger partial charge on any atom is -0.457 e. The molecule has 0 aliphatic carbocycles. The number of para-hydroxylation sites is 1. The normalized spacial score (nSPS) is 10.8. The Morgan fingerprint density at radius 1 is 1.10 bits per heavy atom. The van der Waals surface area contributed by atoms with E-state index >= 15 is 0 Å². The molecule has 0 aliphatic heterocycles. The van der Waals surface area contributed by atoms with Gasteiger partial charge in [-0.2, -0.15) is 0 Å². The summed E-state index contributed by atoms with van der Waals surface area (Å²) in [4.78, 5) is 36.7. The Balaban J connectivity index is 1.83. The molecule has 156 valence electrons. The molecular formula is C23H24N2O5. The van der Waals surface area contributed by atoms with Gasteiger partial charge in [0.25, 0.3) is 0 Å². The maximum Gasteiger partial charge on any atom is 0.340 e. The lowest BCUT2D eigenvalue weighted by Crippen LogP contribution is -2.34. The number of rotatable bonds is 5. The Kier molecular flexibility index (Phi) is 6.20. The van der Waals surface area contributed by atoms with Crippen molar-refractivity contribution in [1.82, 2.24) is 5.32 Å². The predicted molar refractivity (Wildman–Crippen MR) is 115 cm³/mol. The van der Waals surface area contributed by atoms with Gasteiger partial charge >= 0.3 is 17.6 Å². The number of amides is 2. The highest BCUT2D eigenvalue weighted by Gasteiger charge is 2.16. The van der Waals surface area contributed by atoms with Crippen molar-refractivity contribution in [3.8, 4) is 0 Å². The first kappa shape index (κ1) is 21.1. The molecule has 0 fully saturated rings. The zero-order valence-corrected chi connectivity index (χ0v) is 17.4. The van der Waals surface area contributed by atoms with Crippen LogP contribution in [0.3, 0.4) is 0 Å². The van der Waals surface area contributed by atoms with Gasteiger partial charge in [-0.3, -0.25) is 0 Å². The number of benzene rings is 2. The van der Waals surface area contributed by atoms with Crippen molar-refractivity contribution < 1.29 is 18.7 Å². The Morgan fingerprint density at radius 2 is 1.83 bits per heavy atom. The van der Waals surface area contributed by atoms with Gasteiger partial charge in [-0.05, 0) is 51.0 Å². The Labute approximate surface area is 174 Å². The number of hydrogen-bond acceptors (Lipinski definition) is 5. The maximum atomic E-state index is 12.7. The highest BCUT2D eigenvalue weighted by atomic mass is 16.5. The van der Waals surface area contributed by atoms with Crippen LogP contribution in [0.25, 0.3) is 11.0 Å². The second kappa shape index (κ2) is 8.82. The van der Waals surface area contributed by atoms with E-state index in [0.717, 1.165) is 11.1 Å². The number of ether oxygens (including phenoxy) is 1. The summed E-state index contributed by atoms with van der Waals surface area (Å²) in [5.41, 5.74) is 2.96. The Morgan fingerprint density at radius 3 is 2.57 bits per heavy atom. The van der Waals surface area contributed by atoms with Gasteiger partial charge in [-0.1, -0.05) is 24.3 Å². The van der Waals surface area contributed by atoms with E-state index in [4.69, 9.17) is 9.15 Å². The van der Waals surface area contributed by atoms with Crippen LogP contribution in [0, 0.1) is 13.8 Å². The lowest BCUT2D eigenvalue weighted by Gasteiger charge is -2.14. The average molecular weight is 408 g/mol. The van der Waals surface area contributed by atoms with E-state index in [-0.39, 0.29) is 18.2 Å². The van der Waals surface area contributed by atoms with E-state index in [2.05, 4.69) is 10.6 Å². The molecule has 1 aromatic heterocycles. The lowest BCUT2D eigenvalue weighted by molar-refractivity contribution is 0.0475. The molecule has 0 saturated carbocycles. The first-order valence-corrected chi connectivity index (χ1v) is 9.63. The van der Waals surface area contributed by atoms with Gasteiger partial charge in [0.15, 0.2) is 0 Å². The number of fused-ring (bicyclic) bond motifs is 1. The zero-order chi connectivity index (χ0) is 21.8. The van der Waals surface area contributed by atoms with Crippen molar-refractivity contribution in [3.05, 3.63) is 75.1 Å². The van der Waals surface area contributed by atoms with E-state index in [0.29, 0.717) is 22.2 Å². The zero-order valence-electron chi connectivity index (χ0n) is 17.4. The summed E-state index contributed by atoms with van der Waals surface area (Å²) in [7, 11) is 0. The molecule has 2 amide bonds. The van der Waals surface area contributed by atoms with Gasteiger partial charge in [0, 0.05) is 23.1 Å². The fraction of sp³-hybridized carbons (Fsp3) is 0.261. The summed E-state index contributed by atoms with van der Waals surface area (Å²) < 4.78 is 10.8. The quantitative estimate of drug-likeness (QED) is 0.485. The highest BCUT2D eigenvalue weighted by molar-refractivity contribution is 6.01. The standard InChI is InChI=1S/C23H24N2O5/c1-13(2)24-23(28)25-19-8-6-5-7-18(19)22(27)29-12-16-11-20(26)30-21-15(4)14(3)9-10-17(16)21/h5-11,13H,12H2,1-4H3,(H2,24,25,28). The Bertz CT molecular complexity index is 1160. The SMILES string of the molecule is Cc1ccc2c(COC(=O)c3ccccc3NC(=O)NC(C)C)cc(=O)oc2c1C. The second-order valence-corrected chi connectivity index (χ2v) is 7.35. The van der Waals surface area contributed by atoms with Crippen LogP contribution in [-0.2, 0) is 11.3 Å². The predicted octanol–water partition coefficient (Wildman–Crippen LogP) is 4.30. The first-order chi connectivity index (χ1) is 14.3. The van der Waals surface area contributed by atoms with Gasteiger partial charge in [-0.15, -0.1) is 0 Å². The molecule has 0 saturated heterocycles. The number of anilines is 1. The molecule has 0 atom stereocenters. The third-order valence-corrected chi connectivity index (χ3v) is 4.69. The fourth-order valence-electron chi connectivity index (χ4n) is 3.06. The summed E-state index contributed by atoms with van der Waals surface area (Å²) in [6.45, 7) is 7.38. The molecule has 1 heterocycles. The molecule has 7 nitrogen and oxygen atoms in total. The van der Waals surface area contributed by atoms with Crippen LogP contribution in [0.2, 0.25) is 0 Å². The smallest absolute Gasteiger partial charge is 0.340 e. The van der Waals surface area contributed by atoms with Crippen LogP contribution in [0.5, 0.6) is 0 Å². The summed E-state index contributed by atoms with van der Waals surface area (Å²) in [5, 5.41) is 6.08. The van der Waals surface area contributed by atoms with Crippen molar-refractivity contribution in [2.75, 3.05) is 5.32 Å². The van der Waals surface area contributed by atoms with E-state index in [1.54, 1.807) is 24.3 Å². The summed E-state index contributed by atoms with van der Waals surface area (Å²) in [6, 6.07) is 11.2. The van der Waals surface area contributed by atoms with E-state index < -0.39 is 17.6 Å². The molecular weight excluding hydrogens is 384 g/mol. The second-order valence-electron chi connectivity index (χ2n) is 7.35. The van der Waals surface area contributed by atoms with Crippen molar-refractivity contribution in [2.45, 2.75) is 40.3 Å². The average Bonchev–Trinajstić information content (AvgIpc) is 2.68. The molecule has 2 N–H and O–H groups in total. The summed E-state index contributed by atoms with van der Waals surface area (Å²) >= 11 is 0. The monoisotopic (exact) mass is 408 g/mol.